The van der Waals surface area contributed by atoms with Crippen molar-refractivity contribution in [3.8, 4) is 11.5 Å². The number of hydrogen-bond donors (Lipinski definition) is 4. The van der Waals surface area contributed by atoms with Gasteiger partial charge in [-0.1, -0.05) is 91.3 Å². The number of unbranched alkanes of at least 4 members (excludes halogenated alkanes) is 1. The summed E-state index contributed by atoms with van der Waals surface area (Å²) < 4.78 is 5.99. The van der Waals surface area contributed by atoms with Crippen molar-refractivity contribution in [1.82, 2.24) is 10.2 Å². The lowest BCUT2D eigenvalue weighted by Gasteiger charge is -2.27. The third-order valence-corrected chi connectivity index (χ3v) is 14.5. The Kier molecular flexibility index (Phi) is 18.6. The first kappa shape index (κ1) is 53.2. The van der Waals surface area contributed by atoms with Crippen molar-refractivity contribution in [2.75, 3.05) is 44.7 Å². The van der Waals surface area contributed by atoms with Crippen LogP contribution in [0.25, 0.3) is 0 Å². The maximum absolute atomic E-state index is 13.9. The summed E-state index contributed by atoms with van der Waals surface area (Å²) in [6, 6.07) is 18.7. The number of likely N-dealkylation sites (N-methyl/N-ethyl adjacent to an activating group) is 1. The fraction of sp³-hybridized carbons (Fsp3) is 0.455. The molecule has 3 atom stereocenters. The minimum atomic E-state index is -0.831. The number of carbonyl (C=O) groups is 3. The number of anilines is 1. The number of esters is 1. The number of hydrogen-bond acceptors (Lipinski definition) is 9. The fourth-order valence-corrected chi connectivity index (χ4v) is 10.5. The van der Waals surface area contributed by atoms with Crippen LogP contribution in [-0.4, -0.2) is 90.6 Å². The van der Waals surface area contributed by atoms with Crippen LogP contribution in [0.15, 0.2) is 108 Å². The molecule has 0 saturated carbocycles. The summed E-state index contributed by atoms with van der Waals surface area (Å²) >= 11 is 6.59. The van der Waals surface area contributed by atoms with Crippen molar-refractivity contribution < 1.29 is 63.0 Å². The van der Waals surface area contributed by atoms with Crippen LogP contribution in [0.5, 0.6) is 11.5 Å². The highest BCUT2D eigenvalue weighted by Gasteiger charge is 2.46. The lowest BCUT2D eigenvalue weighted by molar-refractivity contribution is -0.828. The van der Waals surface area contributed by atoms with Gasteiger partial charge in [-0.3, -0.25) is 14.5 Å². The summed E-state index contributed by atoms with van der Waals surface area (Å²) in [4.78, 5) is 50.9. The lowest BCUT2D eigenvalue weighted by atomic mass is 9.80. The first-order valence-corrected chi connectivity index (χ1v) is 24.7. The molecular formula is C55H69ClIN5O7. The third-order valence-electron chi connectivity index (χ3n) is 14.1. The number of carbonyl (C=O) groups excluding carboxylic acids is 3. The van der Waals surface area contributed by atoms with Gasteiger partial charge in [-0.25, -0.2) is 4.79 Å². The number of oxime groups is 1. The molecule has 3 unspecified atom stereocenters. The van der Waals surface area contributed by atoms with Crippen LogP contribution in [0.2, 0.25) is 5.02 Å². The van der Waals surface area contributed by atoms with Gasteiger partial charge >= 0.3 is 5.97 Å². The van der Waals surface area contributed by atoms with E-state index in [1.165, 1.54) is 33.1 Å². The minimum absolute atomic E-state index is 0. The number of halogens is 2. The van der Waals surface area contributed by atoms with E-state index >= 15 is 0 Å². The van der Waals surface area contributed by atoms with Gasteiger partial charge in [0.1, 0.15) is 34.9 Å². The van der Waals surface area contributed by atoms with E-state index in [1.807, 2.05) is 18.2 Å². The molecule has 12 nitrogen and oxygen atoms in total. The van der Waals surface area contributed by atoms with E-state index in [4.69, 9.17) is 21.2 Å². The average molecular weight is 1070 g/mol. The molecule has 14 heteroatoms. The number of para-hydroxylation sites is 2. The Bertz CT molecular complexity index is 2470. The van der Waals surface area contributed by atoms with Gasteiger partial charge in [-0.15, -0.1) is 0 Å². The van der Waals surface area contributed by atoms with Crippen LogP contribution in [0.1, 0.15) is 119 Å². The monoisotopic (exact) mass is 1070 g/mol. The molecule has 2 amide bonds. The number of ether oxygens (including phenoxy) is 1. The fourth-order valence-electron chi connectivity index (χ4n) is 10.3. The third kappa shape index (κ3) is 12.6. The van der Waals surface area contributed by atoms with E-state index in [0.717, 1.165) is 38.3 Å². The SMILES string of the molecule is C[NH+]1c2ccccc2C(C)(C)C1/C=C/C=C1/N(CCCCC(=O)NCCC2C/C=C/CC/C=C/C(=N\OCC(=O)N3CCCCC3)Cc3c(Cl)c(O)cc(O)c3C(=O)O2)c2ccccc2C1(C)C.[I-]. The zero-order chi connectivity index (χ0) is 48.4. The maximum Gasteiger partial charge on any atom is 0.342 e. The molecule has 0 spiro atoms. The predicted molar refractivity (Wildman–Crippen MR) is 269 cm³/mol. The van der Waals surface area contributed by atoms with Gasteiger partial charge < -0.3 is 58.9 Å². The van der Waals surface area contributed by atoms with Crippen LogP contribution < -0.4 is 39.1 Å². The first-order chi connectivity index (χ1) is 32.7. The molecule has 3 aromatic carbocycles. The number of amides is 2. The average Bonchev–Trinajstić information content (AvgIpc) is 3.65. The molecule has 4 aliphatic rings. The van der Waals surface area contributed by atoms with Crippen LogP contribution >= 0.6 is 11.6 Å². The molecule has 1 fully saturated rings. The molecule has 0 radical (unpaired) electrons. The second-order valence-corrected chi connectivity index (χ2v) is 19.9. The van der Waals surface area contributed by atoms with Gasteiger partial charge in [-0.05, 0) is 100 Å². The Balaban J connectivity index is 0.00000782. The summed E-state index contributed by atoms with van der Waals surface area (Å²) in [7, 11) is 2.26. The Hall–Kier alpha value is -5.12. The molecule has 4 N–H and O–H groups in total. The summed E-state index contributed by atoms with van der Waals surface area (Å²) in [6.45, 7) is 11.4. The minimum Gasteiger partial charge on any atom is -1.00 e. The number of likely N-dealkylation sites (tertiary alicyclic amines) is 1. The number of piperidine rings is 1. The van der Waals surface area contributed by atoms with Gasteiger partial charge in [0.25, 0.3) is 5.91 Å². The first-order valence-electron chi connectivity index (χ1n) is 24.4. The van der Waals surface area contributed by atoms with Gasteiger partial charge in [-0.2, -0.15) is 0 Å². The van der Waals surface area contributed by atoms with E-state index in [0.29, 0.717) is 63.4 Å². The van der Waals surface area contributed by atoms with Crippen molar-refractivity contribution in [2.24, 2.45) is 5.16 Å². The topological polar surface area (TPSA) is 145 Å². The molecule has 4 aliphatic heterocycles. The van der Waals surface area contributed by atoms with Crippen molar-refractivity contribution in [1.29, 1.82) is 0 Å². The Morgan fingerprint density at radius 1 is 0.971 bits per heavy atom. The number of nitrogens with zero attached hydrogens (tertiary/aromatic N) is 3. The second kappa shape index (κ2) is 24.1. The van der Waals surface area contributed by atoms with Gasteiger partial charge in [0.05, 0.1) is 23.2 Å². The van der Waals surface area contributed by atoms with E-state index in [-0.39, 0.29) is 82.3 Å². The predicted octanol–water partition coefficient (Wildman–Crippen LogP) is 5.93. The number of quaternary nitrogens is 1. The van der Waals surface area contributed by atoms with Crippen LogP contribution in [-0.2, 0) is 36.4 Å². The molecule has 3 aromatic rings. The molecule has 69 heavy (non-hydrogen) atoms. The molecule has 4 heterocycles. The van der Waals surface area contributed by atoms with Gasteiger partial charge in [0, 0.05) is 80.3 Å². The molecule has 7 rings (SSSR count). The standard InChI is InChI=1S/C55H68ClN5O7.HI/c1-54(2)41-23-12-14-25-43(41)59(5)47(54)27-20-28-48-55(3,4)42-24-13-15-26-44(42)61(48)34-19-16-29-49(64)57-31-30-39-22-11-8-6-7-10-21-38(58-67-37-50(65)60-32-17-9-18-33-60)35-40-51(53(66)68-39)45(62)36-46(63)52(40)56;/h8,10-15,20-21,23-28,36,39,47,62-63H,6-7,9,16-19,22,29-35,37H2,1-5H3,(H,57,64);1H/b11-8+,21-10+,27-20+,48-28+,58-38+;. The number of cyclic esters (lactones) is 1. The smallest absolute Gasteiger partial charge is 0.342 e. The second-order valence-electron chi connectivity index (χ2n) is 19.5. The van der Waals surface area contributed by atoms with Crippen molar-refractivity contribution in [3.05, 3.63) is 130 Å². The summed E-state index contributed by atoms with van der Waals surface area (Å²) in [5.41, 5.74) is 6.53. The van der Waals surface area contributed by atoms with E-state index < -0.39 is 23.6 Å². The Morgan fingerprint density at radius 2 is 1.70 bits per heavy atom. The lowest BCUT2D eigenvalue weighted by Crippen LogP contribution is -3.07. The molecule has 370 valence electrons. The van der Waals surface area contributed by atoms with Crippen molar-refractivity contribution in [3.63, 3.8) is 0 Å². The number of phenols is 2. The summed E-state index contributed by atoms with van der Waals surface area (Å²) in [5.74, 6) is -1.98. The number of benzene rings is 3. The van der Waals surface area contributed by atoms with Crippen molar-refractivity contribution in [2.45, 2.75) is 121 Å². The number of aromatic hydroxyl groups is 2. The highest BCUT2D eigenvalue weighted by Crippen LogP contribution is 2.48. The van der Waals surface area contributed by atoms with Crippen LogP contribution in [0, 0.1) is 0 Å². The number of allylic oxidation sites excluding steroid dienone is 6. The summed E-state index contributed by atoms with van der Waals surface area (Å²) in [6.07, 6.45) is 20.7. The quantitative estimate of drug-likeness (QED) is 0.0543. The Morgan fingerprint density at radius 3 is 2.46 bits per heavy atom. The number of nitrogens with one attached hydrogen (secondary N) is 2. The molecule has 0 bridgehead atoms. The normalized spacial score (nSPS) is 23.0. The number of rotatable bonds is 13. The number of fused-ring (bicyclic) bond motifs is 3. The molecule has 0 aromatic heterocycles. The van der Waals surface area contributed by atoms with Gasteiger partial charge in [0.2, 0.25) is 5.91 Å². The maximum atomic E-state index is 13.9. The highest BCUT2D eigenvalue weighted by molar-refractivity contribution is 6.33. The largest absolute Gasteiger partial charge is 1.00 e. The molecule has 0 aliphatic carbocycles. The summed E-state index contributed by atoms with van der Waals surface area (Å²) in [5, 5.41) is 28.7. The molecule has 1 saturated heterocycles. The van der Waals surface area contributed by atoms with Crippen molar-refractivity contribution >= 4 is 46.5 Å². The number of phenolic OH excluding ortho intramolecular Hbond substituents is 2. The Labute approximate surface area is 430 Å². The van der Waals surface area contributed by atoms with Crippen LogP contribution in [0.3, 0.4) is 0 Å². The zero-order valence-electron chi connectivity index (χ0n) is 40.7. The van der Waals surface area contributed by atoms with E-state index in [9.17, 15) is 24.6 Å². The van der Waals surface area contributed by atoms with E-state index in [1.54, 1.807) is 11.0 Å². The van der Waals surface area contributed by atoms with E-state index in [2.05, 4.69) is 117 Å². The highest BCUT2D eigenvalue weighted by atomic mass is 127. The molecular weight excluding hydrogens is 1000 g/mol. The van der Waals surface area contributed by atoms with Gasteiger partial charge in [0.15, 0.2) is 6.61 Å². The zero-order valence-corrected chi connectivity index (χ0v) is 43.7. The van der Waals surface area contributed by atoms with Crippen LogP contribution in [0.4, 0.5) is 11.4 Å².